The molecule has 3 aromatic rings. The molecule has 0 fully saturated rings. The Morgan fingerprint density at radius 2 is 2.00 bits per heavy atom. The van der Waals surface area contributed by atoms with Crippen LogP contribution in [0.15, 0.2) is 58.9 Å². The van der Waals surface area contributed by atoms with Gasteiger partial charge < -0.3 is 0 Å². The summed E-state index contributed by atoms with van der Waals surface area (Å²) < 4.78 is 12.3. The maximum atomic E-state index is 12.3. The minimum atomic E-state index is -0.969. The fraction of sp³-hybridized carbons (Fsp3) is 0.238. The van der Waals surface area contributed by atoms with Gasteiger partial charge in [0, 0.05) is 28.0 Å². The van der Waals surface area contributed by atoms with Crippen molar-refractivity contribution < 1.29 is 4.21 Å². The van der Waals surface area contributed by atoms with Crippen molar-refractivity contribution in [3.63, 3.8) is 0 Å². The highest BCUT2D eigenvalue weighted by molar-refractivity contribution is 8.10. The summed E-state index contributed by atoms with van der Waals surface area (Å²) in [6.07, 6.45) is 1.71. The van der Waals surface area contributed by atoms with Crippen LogP contribution in [0.5, 0.6) is 0 Å². The van der Waals surface area contributed by atoms with E-state index in [1.54, 1.807) is 11.3 Å². The second-order valence-corrected chi connectivity index (χ2v) is 10.2. The number of unbranched alkanes of at least 4 members (excludes halogenated alkanes) is 1. The van der Waals surface area contributed by atoms with E-state index in [-0.39, 0.29) is 0 Å². The Morgan fingerprint density at radius 1 is 1.18 bits per heavy atom. The largest absolute Gasteiger partial charge is 0.259 e. The van der Waals surface area contributed by atoms with E-state index < -0.39 is 10.8 Å². The maximum Gasteiger partial charge on any atom is 0.116 e. The van der Waals surface area contributed by atoms with Gasteiger partial charge in [0.2, 0.25) is 0 Å². The fourth-order valence-electron chi connectivity index (χ4n) is 2.67. The molecule has 3 nitrogen and oxygen atoms in total. The number of rotatable bonds is 9. The molecule has 2 heterocycles. The maximum absolute atomic E-state index is 12.3. The lowest BCUT2D eigenvalue weighted by atomic mass is 10.0. The topological polar surface area (TPSA) is 53.8 Å². The molecule has 1 unspecified atom stereocenters. The molecule has 28 heavy (non-hydrogen) atoms. The molecule has 0 saturated heterocycles. The first-order chi connectivity index (χ1) is 13.7. The third-order valence-corrected chi connectivity index (χ3v) is 8.03. The Balaban J connectivity index is 1.95. The van der Waals surface area contributed by atoms with Gasteiger partial charge in [0.15, 0.2) is 0 Å². The first-order valence-electron chi connectivity index (χ1n) is 8.81. The minimum Gasteiger partial charge on any atom is -0.259 e. The van der Waals surface area contributed by atoms with Crippen molar-refractivity contribution in [1.29, 1.82) is 5.26 Å². The van der Waals surface area contributed by atoms with E-state index in [9.17, 15) is 9.47 Å². The number of nitriles is 1. The van der Waals surface area contributed by atoms with Crippen molar-refractivity contribution in [2.75, 3.05) is 16.7 Å². The van der Waals surface area contributed by atoms with Crippen LogP contribution in [-0.4, -0.2) is 25.9 Å². The van der Waals surface area contributed by atoms with Gasteiger partial charge in [-0.3, -0.25) is 4.21 Å². The SMILES string of the molecule is N#Cc1c(-c2ccccc2)cc(-c2cccs2)nc1SCS(=O)CCCCCl. The summed E-state index contributed by atoms with van der Waals surface area (Å²) in [6.45, 7) is 0. The fourth-order valence-corrected chi connectivity index (χ4v) is 5.98. The summed E-state index contributed by atoms with van der Waals surface area (Å²) >= 11 is 8.70. The van der Waals surface area contributed by atoms with E-state index in [1.807, 2.05) is 53.9 Å². The van der Waals surface area contributed by atoms with Crippen LogP contribution in [0.2, 0.25) is 0 Å². The molecular formula is C21H19ClN2OS3. The zero-order chi connectivity index (χ0) is 19.8. The first-order valence-corrected chi connectivity index (χ1v) is 12.7. The Hall–Kier alpha value is -1.65. The monoisotopic (exact) mass is 446 g/mol. The molecule has 0 radical (unpaired) electrons. The molecule has 0 saturated carbocycles. The van der Waals surface area contributed by atoms with Crippen molar-refractivity contribution in [2.24, 2.45) is 0 Å². The number of halogens is 1. The van der Waals surface area contributed by atoms with Crippen LogP contribution in [0.3, 0.4) is 0 Å². The number of thioether (sulfide) groups is 1. The molecule has 7 heteroatoms. The van der Waals surface area contributed by atoms with Gasteiger partial charge >= 0.3 is 0 Å². The van der Waals surface area contributed by atoms with Crippen LogP contribution in [0.25, 0.3) is 21.7 Å². The second kappa shape index (κ2) is 10.8. The summed E-state index contributed by atoms with van der Waals surface area (Å²) in [7, 11) is -0.969. The molecule has 0 aliphatic carbocycles. The average molecular weight is 447 g/mol. The van der Waals surface area contributed by atoms with Crippen molar-refractivity contribution in [3.05, 3.63) is 59.5 Å². The number of hydrogen-bond acceptors (Lipinski definition) is 5. The molecular weight excluding hydrogens is 428 g/mol. The third kappa shape index (κ3) is 5.45. The van der Waals surface area contributed by atoms with E-state index in [2.05, 4.69) is 6.07 Å². The zero-order valence-corrected chi connectivity index (χ0v) is 18.3. The summed E-state index contributed by atoms with van der Waals surface area (Å²) in [4.78, 5) is 5.78. The molecule has 0 aliphatic heterocycles. The van der Waals surface area contributed by atoms with Crippen molar-refractivity contribution in [3.8, 4) is 27.8 Å². The van der Waals surface area contributed by atoms with Crippen LogP contribution >= 0.6 is 34.7 Å². The molecule has 0 spiro atoms. The van der Waals surface area contributed by atoms with Gasteiger partial charge in [0.1, 0.15) is 11.1 Å². The van der Waals surface area contributed by atoms with E-state index in [0.29, 0.717) is 27.3 Å². The highest BCUT2D eigenvalue weighted by atomic mass is 35.5. The molecule has 1 aromatic carbocycles. The predicted octanol–water partition coefficient (Wildman–Crippen LogP) is 6.17. The molecule has 0 N–H and O–H groups in total. The summed E-state index contributed by atoms with van der Waals surface area (Å²) in [6, 6.07) is 18.2. The van der Waals surface area contributed by atoms with Gasteiger partial charge in [0.25, 0.3) is 0 Å². The van der Waals surface area contributed by atoms with E-state index >= 15 is 0 Å². The molecule has 3 rings (SSSR count). The van der Waals surface area contributed by atoms with Gasteiger partial charge in [-0.15, -0.1) is 22.9 Å². The van der Waals surface area contributed by atoms with Crippen molar-refractivity contribution >= 4 is 45.5 Å². The summed E-state index contributed by atoms with van der Waals surface area (Å²) in [5.74, 6) is 1.21. The number of nitrogens with zero attached hydrogens (tertiary/aromatic N) is 2. The molecule has 0 bridgehead atoms. The lowest BCUT2D eigenvalue weighted by molar-refractivity contribution is 0.683. The second-order valence-electron chi connectivity index (χ2n) is 5.99. The van der Waals surface area contributed by atoms with Gasteiger partial charge in [-0.25, -0.2) is 4.98 Å². The molecule has 1 atom stereocenters. The third-order valence-electron chi connectivity index (χ3n) is 4.04. The molecule has 2 aromatic heterocycles. The van der Waals surface area contributed by atoms with Gasteiger partial charge in [0.05, 0.1) is 21.2 Å². The van der Waals surface area contributed by atoms with Crippen molar-refractivity contribution in [1.82, 2.24) is 4.98 Å². The number of aromatic nitrogens is 1. The normalized spacial score (nSPS) is 11.9. The van der Waals surface area contributed by atoms with Gasteiger partial charge in [-0.2, -0.15) is 5.26 Å². The Bertz CT molecular complexity index is 969. The number of thiophene rings is 1. The minimum absolute atomic E-state index is 0.423. The molecule has 144 valence electrons. The average Bonchev–Trinajstić information content (AvgIpc) is 3.27. The lowest BCUT2D eigenvalue weighted by Crippen LogP contribution is -2.02. The van der Waals surface area contributed by atoms with E-state index in [1.165, 1.54) is 11.8 Å². The standard InChI is InChI=1S/C21H19ClN2OS3/c22-10-4-5-12-28(25)15-27-21-18(14-23)17(16-7-2-1-3-8-16)13-19(24-21)20-9-6-11-26-20/h1-3,6-9,11,13H,4-5,10,12,15H2. The van der Waals surface area contributed by atoms with Crippen LogP contribution < -0.4 is 0 Å². The first kappa shape index (κ1) is 21.1. The van der Waals surface area contributed by atoms with Crippen LogP contribution in [0.4, 0.5) is 0 Å². The highest BCUT2D eigenvalue weighted by Gasteiger charge is 2.17. The molecule has 0 aliphatic rings. The predicted molar refractivity (Wildman–Crippen MR) is 121 cm³/mol. The van der Waals surface area contributed by atoms with Crippen molar-refractivity contribution in [2.45, 2.75) is 17.9 Å². The molecule has 0 amide bonds. The van der Waals surface area contributed by atoms with Gasteiger partial charge in [-0.1, -0.05) is 48.2 Å². The number of pyridine rings is 1. The highest BCUT2D eigenvalue weighted by Crippen LogP contribution is 2.35. The van der Waals surface area contributed by atoms with Gasteiger partial charge in [-0.05, 0) is 35.9 Å². The Kier molecular flexibility index (Phi) is 8.11. The summed E-state index contributed by atoms with van der Waals surface area (Å²) in [5, 5.41) is 12.9. The van der Waals surface area contributed by atoms with E-state index in [0.717, 1.165) is 34.5 Å². The summed E-state index contributed by atoms with van der Waals surface area (Å²) in [5.41, 5.74) is 3.21. The quantitative estimate of drug-likeness (QED) is 0.224. The smallest absolute Gasteiger partial charge is 0.116 e. The van der Waals surface area contributed by atoms with Crippen LogP contribution in [0, 0.1) is 11.3 Å². The lowest BCUT2D eigenvalue weighted by Gasteiger charge is -2.11. The Labute approximate surface area is 181 Å². The number of alkyl halides is 1. The Morgan fingerprint density at radius 3 is 2.68 bits per heavy atom. The number of hydrogen-bond donors (Lipinski definition) is 0. The number of benzene rings is 1. The van der Waals surface area contributed by atoms with Crippen LogP contribution in [-0.2, 0) is 10.8 Å². The van der Waals surface area contributed by atoms with Crippen LogP contribution in [0.1, 0.15) is 18.4 Å². The van der Waals surface area contributed by atoms with E-state index in [4.69, 9.17) is 16.6 Å². The zero-order valence-electron chi connectivity index (χ0n) is 15.1.